The molecule has 0 radical (unpaired) electrons. The second kappa shape index (κ2) is 5.70. The molecule has 0 saturated heterocycles. The summed E-state index contributed by atoms with van der Waals surface area (Å²) in [7, 11) is 0. The van der Waals surface area contributed by atoms with Crippen LogP contribution in [-0.4, -0.2) is 12.5 Å². The van der Waals surface area contributed by atoms with E-state index >= 15 is 0 Å². The fraction of sp³-hybridized carbons (Fsp3) is 0.235. The van der Waals surface area contributed by atoms with E-state index in [2.05, 4.69) is 5.32 Å². The van der Waals surface area contributed by atoms with Crippen molar-refractivity contribution in [3.63, 3.8) is 0 Å². The molecule has 1 N–H and O–H groups in total. The van der Waals surface area contributed by atoms with Crippen molar-refractivity contribution in [1.82, 2.24) is 5.32 Å². The molecule has 1 heterocycles. The fourth-order valence-corrected chi connectivity index (χ4v) is 3.20. The van der Waals surface area contributed by atoms with Gasteiger partial charge in [0.05, 0.1) is 5.38 Å². The molecular weight excluding hydrogens is 305 g/mol. The van der Waals surface area contributed by atoms with E-state index in [1.807, 2.05) is 43.3 Å². The molecule has 2 aromatic carbocycles. The molecule has 108 valence electrons. The standard InChI is InChI=1S/C17H15Cl2NO/c1-10-2-5-13(18)9-14(10)16(19)12-4-3-11-6-7-20-17(21)15(11)8-12/h2-5,8-9,16H,6-7H2,1H3,(H,20,21). The molecule has 2 nitrogen and oxygen atoms in total. The summed E-state index contributed by atoms with van der Waals surface area (Å²) in [6.07, 6.45) is 0.866. The van der Waals surface area contributed by atoms with Crippen molar-refractivity contribution in [3.05, 3.63) is 69.2 Å². The Morgan fingerprint density at radius 3 is 2.81 bits per heavy atom. The van der Waals surface area contributed by atoms with Crippen molar-refractivity contribution in [2.75, 3.05) is 6.54 Å². The summed E-state index contributed by atoms with van der Waals surface area (Å²) >= 11 is 12.7. The van der Waals surface area contributed by atoms with Crippen LogP contribution in [0, 0.1) is 6.92 Å². The van der Waals surface area contributed by atoms with Crippen LogP contribution in [-0.2, 0) is 6.42 Å². The molecule has 1 unspecified atom stereocenters. The zero-order chi connectivity index (χ0) is 15.0. The Kier molecular flexibility index (Phi) is 3.92. The summed E-state index contributed by atoms with van der Waals surface area (Å²) in [5.41, 5.74) is 4.78. The minimum absolute atomic E-state index is 0.0233. The second-order valence-electron chi connectivity index (χ2n) is 5.29. The number of carbonyl (C=O) groups is 1. The van der Waals surface area contributed by atoms with Gasteiger partial charge < -0.3 is 5.32 Å². The molecule has 0 saturated carbocycles. The SMILES string of the molecule is Cc1ccc(Cl)cc1C(Cl)c1ccc2c(c1)C(=O)NCC2. The number of alkyl halides is 1. The molecule has 1 atom stereocenters. The third kappa shape index (κ3) is 2.78. The number of aryl methyl sites for hydroxylation is 1. The summed E-state index contributed by atoms with van der Waals surface area (Å²) in [6.45, 7) is 2.70. The normalized spacial score (nSPS) is 15.3. The number of hydrogen-bond donors (Lipinski definition) is 1. The van der Waals surface area contributed by atoms with Gasteiger partial charge in [-0.1, -0.05) is 29.8 Å². The minimum Gasteiger partial charge on any atom is -0.352 e. The van der Waals surface area contributed by atoms with Gasteiger partial charge in [0.1, 0.15) is 0 Å². The third-order valence-corrected chi connectivity index (χ3v) is 4.59. The maximum atomic E-state index is 11.9. The van der Waals surface area contributed by atoms with Gasteiger partial charge in [0.25, 0.3) is 5.91 Å². The number of halogens is 2. The first-order chi connectivity index (χ1) is 10.1. The number of amides is 1. The average molecular weight is 320 g/mol. The largest absolute Gasteiger partial charge is 0.352 e. The molecule has 1 aliphatic rings. The van der Waals surface area contributed by atoms with Gasteiger partial charge >= 0.3 is 0 Å². The summed E-state index contributed by atoms with van der Waals surface area (Å²) < 4.78 is 0. The smallest absolute Gasteiger partial charge is 0.251 e. The molecule has 0 fully saturated rings. The van der Waals surface area contributed by atoms with Crippen molar-refractivity contribution in [3.8, 4) is 0 Å². The van der Waals surface area contributed by atoms with Crippen molar-refractivity contribution in [2.45, 2.75) is 18.7 Å². The molecule has 0 aliphatic carbocycles. The predicted molar refractivity (Wildman–Crippen MR) is 86.4 cm³/mol. The number of fused-ring (bicyclic) bond motifs is 1. The van der Waals surface area contributed by atoms with Crippen LogP contribution in [0.2, 0.25) is 5.02 Å². The van der Waals surface area contributed by atoms with E-state index in [0.717, 1.165) is 34.2 Å². The Morgan fingerprint density at radius 2 is 2.00 bits per heavy atom. The van der Waals surface area contributed by atoms with E-state index < -0.39 is 0 Å². The van der Waals surface area contributed by atoms with Gasteiger partial charge in [0, 0.05) is 17.1 Å². The summed E-state index contributed by atoms with van der Waals surface area (Å²) in [5.74, 6) is -0.0233. The molecule has 1 aliphatic heterocycles. The summed E-state index contributed by atoms with van der Waals surface area (Å²) in [5, 5.41) is 3.21. The van der Waals surface area contributed by atoms with Gasteiger partial charge in [0.2, 0.25) is 0 Å². The monoisotopic (exact) mass is 319 g/mol. The van der Waals surface area contributed by atoms with Crippen molar-refractivity contribution in [2.24, 2.45) is 0 Å². The van der Waals surface area contributed by atoms with E-state index in [9.17, 15) is 4.79 Å². The first-order valence-electron chi connectivity index (χ1n) is 6.87. The van der Waals surface area contributed by atoms with E-state index in [-0.39, 0.29) is 11.3 Å². The van der Waals surface area contributed by atoms with Crippen molar-refractivity contribution < 1.29 is 4.79 Å². The van der Waals surface area contributed by atoms with Crippen LogP contribution < -0.4 is 5.32 Å². The van der Waals surface area contributed by atoms with Crippen LogP contribution in [0.4, 0.5) is 0 Å². The molecule has 1 amide bonds. The lowest BCUT2D eigenvalue weighted by atomic mass is 9.94. The quantitative estimate of drug-likeness (QED) is 0.823. The van der Waals surface area contributed by atoms with Gasteiger partial charge in [-0.3, -0.25) is 4.79 Å². The van der Waals surface area contributed by atoms with Gasteiger partial charge in [-0.2, -0.15) is 0 Å². The van der Waals surface area contributed by atoms with Gasteiger partial charge in [-0.05, 0) is 53.8 Å². The highest BCUT2D eigenvalue weighted by atomic mass is 35.5. The number of rotatable bonds is 2. The summed E-state index contributed by atoms with van der Waals surface area (Å²) in [6, 6.07) is 11.6. The molecule has 0 spiro atoms. The number of nitrogens with one attached hydrogen (secondary N) is 1. The first-order valence-corrected chi connectivity index (χ1v) is 7.69. The Labute approximate surface area is 134 Å². The fourth-order valence-electron chi connectivity index (χ4n) is 2.65. The van der Waals surface area contributed by atoms with Crippen LogP contribution >= 0.6 is 23.2 Å². The van der Waals surface area contributed by atoms with Crippen molar-refractivity contribution in [1.29, 1.82) is 0 Å². The zero-order valence-electron chi connectivity index (χ0n) is 11.6. The zero-order valence-corrected chi connectivity index (χ0v) is 13.1. The van der Waals surface area contributed by atoms with Crippen LogP contribution in [0.1, 0.15) is 38.0 Å². The van der Waals surface area contributed by atoms with Gasteiger partial charge in [-0.15, -0.1) is 11.6 Å². The molecular formula is C17H15Cl2NO. The minimum atomic E-state index is -0.316. The topological polar surface area (TPSA) is 29.1 Å². The molecule has 21 heavy (non-hydrogen) atoms. The maximum Gasteiger partial charge on any atom is 0.251 e. The van der Waals surface area contributed by atoms with E-state index in [4.69, 9.17) is 23.2 Å². The Bertz CT molecular complexity index is 712. The number of hydrogen-bond acceptors (Lipinski definition) is 1. The highest BCUT2D eigenvalue weighted by Crippen LogP contribution is 2.34. The predicted octanol–water partition coefficient (Wildman–Crippen LogP) is 4.26. The lowest BCUT2D eigenvalue weighted by molar-refractivity contribution is 0.0946. The summed E-state index contributed by atoms with van der Waals surface area (Å²) in [4.78, 5) is 11.9. The average Bonchev–Trinajstić information content (AvgIpc) is 2.49. The van der Waals surface area contributed by atoms with E-state index in [1.165, 1.54) is 0 Å². The van der Waals surface area contributed by atoms with Crippen LogP contribution in [0.3, 0.4) is 0 Å². The first kappa shape index (κ1) is 14.4. The van der Waals surface area contributed by atoms with Crippen molar-refractivity contribution >= 4 is 29.1 Å². The van der Waals surface area contributed by atoms with Gasteiger partial charge in [0.15, 0.2) is 0 Å². The third-order valence-electron chi connectivity index (χ3n) is 3.87. The molecule has 3 rings (SSSR count). The number of carbonyl (C=O) groups excluding carboxylic acids is 1. The molecule has 0 aromatic heterocycles. The van der Waals surface area contributed by atoms with E-state index in [1.54, 1.807) is 0 Å². The Morgan fingerprint density at radius 1 is 1.19 bits per heavy atom. The van der Waals surface area contributed by atoms with Crippen LogP contribution in [0.5, 0.6) is 0 Å². The lowest BCUT2D eigenvalue weighted by Gasteiger charge is -2.19. The number of benzene rings is 2. The molecule has 2 aromatic rings. The molecule has 0 bridgehead atoms. The van der Waals surface area contributed by atoms with Crippen LogP contribution in [0.25, 0.3) is 0 Å². The Hall–Kier alpha value is -1.51. The second-order valence-corrected chi connectivity index (χ2v) is 6.16. The highest BCUT2D eigenvalue weighted by molar-refractivity contribution is 6.31. The molecule has 4 heteroatoms. The lowest BCUT2D eigenvalue weighted by Crippen LogP contribution is -2.31. The Balaban J connectivity index is 2.02. The maximum absolute atomic E-state index is 11.9. The van der Waals surface area contributed by atoms with E-state index in [0.29, 0.717) is 11.6 Å². The van der Waals surface area contributed by atoms with Gasteiger partial charge in [-0.25, -0.2) is 0 Å². The highest BCUT2D eigenvalue weighted by Gasteiger charge is 2.20. The van der Waals surface area contributed by atoms with Crippen LogP contribution in [0.15, 0.2) is 36.4 Å².